The van der Waals surface area contributed by atoms with Gasteiger partial charge in [0.05, 0.1) is 23.0 Å². The van der Waals surface area contributed by atoms with Crippen LogP contribution in [0.3, 0.4) is 0 Å². The van der Waals surface area contributed by atoms with Gasteiger partial charge in [-0.1, -0.05) is 59.1 Å². The van der Waals surface area contributed by atoms with Crippen molar-refractivity contribution in [2.45, 2.75) is 56.6 Å². The Kier molecular flexibility index (Phi) is 7.77. The van der Waals surface area contributed by atoms with Crippen LogP contribution >= 0.6 is 15.9 Å². The highest BCUT2D eigenvalue weighted by Crippen LogP contribution is 2.43. The van der Waals surface area contributed by atoms with Crippen molar-refractivity contribution in [2.75, 3.05) is 12.4 Å². The van der Waals surface area contributed by atoms with Crippen LogP contribution in [-0.4, -0.2) is 27.0 Å². The van der Waals surface area contributed by atoms with Gasteiger partial charge in [-0.2, -0.15) is 0 Å². The molecule has 2 aromatic carbocycles. The molecule has 0 spiro atoms. The van der Waals surface area contributed by atoms with Crippen molar-refractivity contribution < 1.29 is 17.9 Å². The first-order valence-electron chi connectivity index (χ1n) is 10.3. The lowest BCUT2D eigenvalue weighted by Crippen LogP contribution is -2.30. The molecule has 6 heteroatoms. The summed E-state index contributed by atoms with van der Waals surface area (Å²) in [5.74, 6) is 0.727. The molecular formula is C24H29BrO4S. The van der Waals surface area contributed by atoms with Gasteiger partial charge in [-0.15, -0.1) is 0 Å². The Hall–Kier alpha value is -1.63. The number of ether oxygens (including phenoxy) is 2. The normalized spacial score (nSPS) is 19.7. The maximum absolute atomic E-state index is 13.8. The summed E-state index contributed by atoms with van der Waals surface area (Å²) in [6, 6.07) is 14.5. The first-order chi connectivity index (χ1) is 14.4. The van der Waals surface area contributed by atoms with Crippen LogP contribution in [-0.2, 0) is 14.6 Å². The van der Waals surface area contributed by atoms with Crippen LogP contribution in [0.4, 0.5) is 0 Å². The van der Waals surface area contributed by atoms with Gasteiger partial charge in [0.25, 0.3) is 0 Å². The average molecular weight is 493 g/mol. The molecule has 1 aliphatic rings. The summed E-state index contributed by atoms with van der Waals surface area (Å²) in [6.07, 6.45) is 2.64. The fourth-order valence-electron chi connectivity index (χ4n) is 3.75. The summed E-state index contributed by atoms with van der Waals surface area (Å²) in [4.78, 5) is 0.721. The minimum atomic E-state index is -3.69. The van der Waals surface area contributed by atoms with E-state index in [0.717, 1.165) is 41.7 Å². The summed E-state index contributed by atoms with van der Waals surface area (Å²) < 4.78 is 39.2. The van der Waals surface area contributed by atoms with Crippen molar-refractivity contribution in [2.24, 2.45) is 0 Å². The first-order valence-corrected chi connectivity index (χ1v) is 12.9. The van der Waals surface area contributed by atoms with Crippen molar-refractivity contribution in [1.82, 2.24) is 0 Å². The second-order valence-corrected chi connectivity index (χ2v) is 10.2. The predicted octanol–water partition coefficient (Wildman–Crippen LogP) is 6.15. The van der Waals surface area contributed by atoms with Crippen LogP contribution in [0.2, 0.25) is 0 Å². The van der Waals surface area contributed by atoms with Crippen LogP contribution in [0, 0.1) is 6.92 Å². The molecule has 0 N–H and O–H groups in total. The van der Waals surface area contributed by atoms with Crippen LogP contribution in [0.1, 0.15) is 49.8 Å². The fraction of sp³-hybridized carbons (Fsp3) is 0.417. The van der Waals surface area contributed by atoms with Crippen LogP contribution < -0.4 is 4.74 Å². The van der Waals surface area contributed by atoms with Gasteiger partial charge >= 0.3 is 0 Å². The van der Waals surface area contributed by atoms with Crippen molar-refractivity contribution in [1.29, 1.82) is 0 Å². The molecule has 0 unspecified atom stereocenters. The van der Waals surface area contributed by atoms with Gasteiger partial charge in [0, 0.05) is 5.33 Å². The summed E-state index contributed by atoms with van der Waals surface area (Å²) in [7, 11) is -2.08. The number of halogens is 1. The summed E-state index contributed by atoms with van der Waals surface area (Å²) in [5, 5.41) is 0.660. The summed E-state index contributed by atoms with van der Waals surface area (Å²) >= 11 is 3.54. The number of benzene rings is 2. The second-order valence-electron chi connectivity index (χ2n) is 7.66. The van der Waals surface area contributed by atoms with E-state index < -0.39 is 15.9 Å². The lowest BCUT2D eigenvalue weighted by Gasteiger charge is -2.34. The van der Waals surface area contributed by atoms with Crippen LogP contribution in [0.15, 0.2) is 63.9 Å². The first kappa shape index (κ1) is 23.0. The third-order valence-electron chi connectivity index (χ3n) is 5.43. The molecule has 0 aliphatic carbocycles. The molecule has 0 saturated carbocycles. The maximum Gasteiger partial charge on any atom is 0.205 e. The molecule has 0 saturated heterocycles. The van der Waals surface area contributed by atoms with Crippen molar-refractivity contribution in [3.05, 3.63) is 70.1 Å². The highest BCUT2D eigenvalue weighted by atomic mass is 79.9. The average Bonchev–Trinajstić information content (AvgIpc) is 2.77. The lowest BCUT2D eigenvalue weighted by molar-refractivity contribution is 0.0126. The Morgan fingerprint density at radius 1 is 1.10 bits per heavy atom. The molecule has 0 bridgehead atoms. The number of sulfone groups is 1. The molecular weight excluding hydrogens is 464 g/mol. The Bertz CT molecular complexity index is 979. The van der Waals surface area contributed by atoms with Crippen molar-refractivity contribution in [3.8, 4) is 5.75 Å². The number of alkyl halides is 1. The number of rotatable bonds is 8. The van der Waals surface area contributed by atoms with E-state index in [4.69, 9.17) is 9.47 Å². The zero-order valence-corrected chi connectivity index (χ0v) is 20.1. The number of hydrogen-bond acceptors (Lipinski definition) is 4. The Morgan fingerprint density at radius 3 is 2.33 bits per heavy atom. The molecule has 1 heterocycles. The SMILES string of the molecule is CCCCC1=C(S(=O)(=O)c2ccc(C)cc2)[C@H](c2ccc(OC)cc2)O[C@H](CBr)C1. The van der Waals surface area contributed by atoms with Crippen molar-refractivity contribution in [3.63, 3.8) is 0 Å². The molecule has 4 nitrogen and oxygen atoms in total. The van der Waals surface area contributed by atoms with Gasteiger partial charge in [-0.05, 0) is 61.6 Å². The lowest BCUT2D eigenvalue weighted by atomic mass is 9.95. The summed E-state index contributed by atoms with van der Waals surface area (Å²) in [6.45, 7) is 4.07. The molecule has 30 heavy (non-hydrogen) atoms. The minimum absolute atomic E-state index is 0.0686. The highest BCUT2D eigenvalue weighted by molar-refractivity contribution is 9.09. The van der Waals surface area contributed by atoms with Crippen LogP contribution in [0.25, 0.3) is 0 Å². The zero-order chi connectivity index (χ0) is 21.7. The van der Waals surface area contributed by atoms with Gasteiger partial charge in [0.15, 0.2) is 0 Å². The molecule has 1 aliphatic heterocycles. The van der Waals surface area contributed by atoms with Crippen LogP contribution in [0.5, 0.6) is 5.75 Å². The minimum Gasteiger partial charge on any atom is -0.497 e. The monoisotopic (exact) mass is 492 g/mol. The number of unbranched alkanes of at least 4 members (excludes halogenated alkanes) is 1. The van der Waals surface area contributed by atoms with E-state index in [1.54, 1.807) is 19.2 Å². The molecule has 2 atom stereocenters. The number of hydrogen-bond donors (Lipinski definition) is 0. The summed E-state index contributed by atoms with van der Waals surface area (Å²) in [5.41, 5.74) is 2.83. The zero-order valence-electron chi connectivity index (χ0n) is 17.7. The predicted molar refractivity (Wildman–Crippen MR) is 124 cm³/mol. The van der Waals surface area contributed by atoms with E-state index >= 15 is 0 Å². The highest BCUT2D eigenvalue weighted by Gasteiger charge is 2.38. The molecule has 0 radical (unpaired) electrons. The fourth-order valence-corrected chi connectivity index (χ4v) is 5.92. The molecule has 3 rings (SSSR count). The van der Waals surface area contributed by atoms with Gasteiger partial charge in [0.2, 0.25) is 9.84 Å². The third kappa shape index (κ3) is 4.98. The molecule has 0 amide bonds. The molecule has 0 aromatic heterocycles. The van der Waals surface area contributed by atoms with Gasteiger partial charge in [-0.25, -0.2) is 8.42 Å². The number of methoxy groups -OCH3 is 1. The smallest absolute Gasteiger partial charge is 0.205 e. The van der Waals surface area contributed by atoms with E-state index in [0.29, 0.717) is 21.6 Å². The van der Waals surface area contributed by atoms with Gasteiger partial charge in [-0.3, -0.25) is 0 Å². The van der Waals surface area contributed by atoms with E-state index in [-0.39, 0.29) is 6.10 Å². The topological polar surface area (TPSA) is 52.6 Å². The van der Waals surface area contributed by atoms with E-state index in [2.05, 4.69) is 22.9 Å². The Labute approximate surface area is 188 Å². The van der Waals surface area contributed by atoms with E-state index in [1.807, 2.05) is 43.3 Å². The standard InChI is InChI=1S/C24H29BrO4S/c1-4-5-6-19-15-21(16-25)29-23(18-9-11-20(28-3)12-10-18)24(19)30(26,27)22-13-7-17(2)8-14-22/h7-14,21,23H,4-6,15-16H2,1-3H3/t21-,23-/m0/s1. The second kappa shape index (κ2) is 10.1. The van der Waals surface area contributed by atoms with Gasteiger partial charge in [0.1, 0.15) is 11.9 Å². The Balaban J connectivity index is 2.16. The largest absolute Gasteiger partial charge is 0.497 e. The van der Waals surface area contributed by atoms with E-state index in [1.165, 1.54) is 0 Å². The third-order valence-corrected chi connectivity index (χ3v) is 8.13. The quantitative estimate of drug-likeness (QED) is 0.414. The molecule has 162 valence electrons. The molecule has 0 fully saturated rings. The molecule has 2 aromatic rings. The van der Waals surface area contributed by atoms with Gasteiger partial charge < -0.3 is 9.47 Å². The number of aryl methyl sites for hydroxylation is 1. The van der Waals surface area contributed by atoms with Crippen molar-refractivity contribution >= 4 is 25.8 Å². The van der Waals surface area contributed by atoms with E-state index in [9.17, 15) is 8.42 Å². The maximum atomic E-state index is 13.8. The Morgan fingerprint density at radius 2 is 1.77 bits per heavy atom.